The van der Waals surface area contributed by atoms with E-state index in [1.807, 2.05) is 43.3 Å². The van der Waals surface area contributed by atoms with Crippen LogP contribution in [0, 0.1) is 6.92 Å². The Hall–Kier alpha value is -2.62. The van der Waals surface area contributed by atoms with Crippen molar-refractivity contribution in [3.05, 3.63) is 59.7 Å². The average Bonchev–Trinajstić information content (AvgIpc) is 2.42. The minimum absolute atomic E-state index is 0.0622. The highest BCUT2D eigenvalue weighted by atomic mass is 16.2. The Labute approximate surface area is 124 Å². The van der Waals surface area contributed by atoms with Crippen molar-refractivity contribution in [3.8, 4) is 0 Å². The van der Waals surface area contributed by atoms with Crippen LogP contribution in [0.3, 0.4) is 0 Å². The summed E-state index contributed by atoms with van der Waals surface area (Å²) in [5, 5.41) is 5.60. The summed E-state index contributed by atoms with van der Waals surface area (Å²) in [5.74, 6) is -0.174. The van der Waals surface area contributed by atoms with Gasteiger partial charge in [0.15, 0.2) is 0 Å². The predicted octanol–water partition coefficient (Wildman–Crippen LogP) is 3.13. The molecule has 4 nitrogen and oxygen atoms in total. The first kappa shape index (κ1) is 14.8. The van der Waals surface area contributed by atoms with Crippen molar-refractivity contribution in [2.45, 2.75) is 20.3 Å². The third-order valence-corrected chi connectivity index (χ3v) is 3.03. The zero-order valence-corrected chi connectivity index (χ0v) is 12.1. The van der Waals surface area contributed by atoms with Crippen LogP contribution in [0.5, 0.6) is 0 Å². The maximum absolute atomic E-state index is 12.0. The fraction of sp³-hybridized carbons (Fsp3) is 0.176. The maximum atomic E-state index is 12.0. The second kappa shape index (κ2) is 6.70. The van der Waals surface area contributed by atoms with Gasteiger partial charge in [-0.1, -0.05) is 30.3 Å². The number of carbonyl (C=O) groups excluding carboxylic acids is 2. The smallest absolute Gasteiger partial charge is 0.228 e. The van der Waals surface area contributed by atoms with E-state index in [-0.39, 0.29) is 11.8 Å². The molecular weight excluding hydrogens is 264 g/mol. The lowest BCUT2D eigenvalue weighted by atomic mass is 10.1. The number of rotatable bonds is 4. The summed E-state index contributed by atoms with van der Waals surface area (Å²) >= 11 is 0. The van der Waals surface area contributed by atoms with Gasteiger partial charge in [0.05, 0.1) is 6.42 Å². The summed E-state index contributed by atoms with van der Waals surface area (Å²) in [7, 11) is 0. The standard InChI is InChI=1S/C17H18N2O2/c1-12-10-15(8-9-16(12)18-13(2)20)19-17(21)11-14-6-4-3-5-7-14/h3-10H,11H2,1-2H3,(H,18,20)(H,19,21). The van der Waals surface area contributed by atoms with Crippen molar-refractivity contribution in [2.75, 3.05) is 10.6 Å². The Morgan fingerprint density at radius 1 is 1.00 bits per heavy atom. The van der Waals surface area contributed by atoms with E-state index in [0.717, 1.165) is 22.5 Å². The van der Waals surface area contributed by atoms with Crippen LogP contribution in [0.15, 0.2) is 48.5 Å². The zero-order valence-electron chi connectivity index (χ0n) is 12.1. The quantitative estimate of drug-likeness (QED) is 0.905. The van der Waals surface area contributed by atoms with Gasteiger partial charge in [0.2, 0.25) is 11.8 Å². The molecule has 0 saturated heterocycles. The third kappa shape index (κ3) is 4.45. The van der Waals surface area contributed by atoms with Gasteiger partial charge < -0.3 is 10.6 Å². The molecule has 0 aromatic heterocycles. The number of aryl methyl sites for hydroxylation is 1. The zero-order chi connectivity index (χ0) is 15.2. The van der Waals surface area contributed by atoms with E-state index < -0.39 is 0 Å². The average molecular weight is 282 g/mol. The number of hydrogen-bond donors (Lipinski definition) is 2. The number of amides is 2. The van der Waals surface area contributed by atoms with Crippen LogP contribution >= 0.6 is 0 Å². The normalized spacial score (nSPS) is 10.0. The SMILES string of the molecule is CC(=O)Nc1ccc(NC(=O)Cc2ccccc2)cc1C. The van der Waals surface area contributed by atoms with Crippen LogP contribution in [-0.2, 0) is 16.0 Å². The first-order valence-corrected chi connectivity index (χ1v) is 6.76. The molecule has 0 spiro atoms. The van der Waals surface area contributed by atoms with Gasteiger partial charge in [-0.15, -0.1) is 0 Å². The summed E-state index contributed by atoms with van der Waals surface area (Å²) in [5.41, 5.74) is 3.36. The molecule has 0 aliphatic rings. The van der Waals surface area contributed by atoms with Crippen LogP contribution in [0.2, 0.25) is 0 Å². The Bertz CT molecular complexity index is 651. The molecule has 108 valence electrons. The predicted molar refractivity (Wildman–Crippen MR) is 84.3 cm³/mol. The van der Waals surface area contributed by atoms with Gasteiger partial charge in [0, 0.05) is 18.3 Å². The Balaban J connectivity index is 2.01. The molecule has 2 aromatic rings. The Morgan fingerprint density at radius 3 is 2.33 bits per heavy atom. The second-order valence-corrected chi connectivity index (χ2v) is 4.92. The van der Waals surface area contributed by atoms with E-state index in [0.29, 0.717) is 6.42 Å². The van der Waals surface area contributed by atoms with E-state index in [4.69, 9.17) is 0 Å². The van der Waals surface area contributed by atoms with Crippen molar-refractivity contribution < 1.29 is 9.59 Å². The molecule has 0 aliphatic heterocycles. The summed E-state index contributed by atoms with van der Waals surface area (Å²) in [6.07, 6.45) is 0.341. The molecule has 0 heterocycles. The molecule has 2 rings (SSSR count). The monoisotopic (exact) mass is 282 g/mol. The second-order valence-electron chi connectivity index (χ2n) is 4.92. The molecule has 0 bridgehead atoms. The first-order chi connectivity index (χ1) is 10.0. The van der Waals surface area contributed by atoms with Crippen molar-refractivity contribution in [1.29, 1.82) is 0 Å². The lowest BCUT2D eigenvalue weighted by molar-refractivity contribution is -0.116. The molecule has 0 fully saturated rings. The lowest BCUT2D eigenvalue weighted by Crippen LogP contribution is -2.14. The van der Waals surface area contributed by atoms with E-state index >= 15 is 0 Å². The van der Waals surface area contributed by atoms with Crippen molar-refractivity contribution in [2.24, 2.45) is 0 Å². The minimum Gasteiger partial charge on any atom is -0.326 e. The molecule has 2 amide bonds. The van der Waals surface area contributed by atoms with Crippen molar-refractivity contribution >= 4 is 23.2 Å². The molecule has 0 saturated carbocycles. The Kier molecular flexibility index (Phi) is 4.72. The molecular formula is C17H18N2O2. The summed E-state index contributed by atoms with van der Waals surface area (Å²) in [6.45, 7) is 3.35. The Morgan fingerprint density at radius 2 is 1.71 bits per heavy atom. The van der Waals surface area contributed by atoms with Gasteiger partial charge in [-0.25, -0.2) is 0 Å². The highest BCUT2D eigenvalue weighted by Crippen LogP contribution is 2.19. The fourth-order valence-electron chi connectivity index (χ4n) is 2.06. The number of anilines is 2. The van der Waals surface area contributed by atoms with Crippen LogP contribution in [0.4, 0.5) is 11.4 Å². The van der Waals surface area contributed by atoms with Gasteiger partial charge in [0.1, 0.15) is 0 Å². The van der Waals surface area contributed by atoms with Crippen LogP contribution < -0.4 is 10.6 Å². The molecule has 0 unspecified atom stereocenters. The number of hydrogen-bond acceptors (Lipinski definition) is 2. The molecule has 2 N–H and O–H groups in total. The fourth-order valence-corrected chi connectivity index (χ4v) is 2.06. The molecule has 0 radical (unpaired) electrons. The van der Waals surface area contributed by atoms with Crippen LogP contribution in [0.1, 0.15) is 18.1 Å². The van der Waals surface area contributed by atoms with E-state index in [2.05, 4.69) is 10.6 Å². The van der Waals surface area contributed by atoms with Crippen LogP contribution in [-0.4, -0.2) is 11.8 Å². The molecule has 0 atom stereocenters. The molecule has 21 heavy (non-hydrogen) atoms. The number of benzene rings is 2. The van der Waals surface area contributed by atoms with Gasteiger partial charge >= 0.3 is 0 Å². The lowest BCUT2D eigenvalue weighted by Gasteiger charge is -2.10. The van der Waals surface area contributed by atoms with Gasteiger partial charge in [-0.3, -0.25) is 9.59 Å². The number of nitrogens with one attached hydrogen (secondary N) is 2. The molecule has 2 aromatic carbocycles. The van der Waals surface area contributed by atoms with Crippen LogP contribution in [0.25, 0.3) is 0 Å². The highest BCUT2D eigenvalue weighted by Gasteiger charge is 2.06. The summed E-state index contributed by atoms with van der Waals surface area (Å²) in [4.78, 5) is 23.0. The first-order valence-electron chi connectivity index (χ1n) is 6.76. The topological polar surface area (TPSA) is 58.2 Å². The maximum Gasteiger partial charge on any atom is 0.228 e. The van der Waals surface area contributed by atoms with Crippen molar-refractivity contribution in [3.63, 3.8) is 0 Å². The van der Waals surface area contributed by atoms with Gasteiger partial charge in [0.25, 0.3) is 0 Å². The summed E-state index contributed by atoms with van der Waals surface area (Å²) in [6, 6.07) is 15.0. The van der Waals surface area contributed by atoms with Crippen molar-refractivity contribution in [1.82, 2.24) is 0 Å². The van der Waals surface area contributed by atoms with Gasteiger partial charge in [-0.2, -0.15) is 0 Å². The minimum atomic E-state index is -0.112. The third-order valence-electron chi connectivity index (χ3n) is 3.03. The summed E-state index contributed by atoms with van der Waals surface area (Å²) < 4.78 is 0. The van der Waals surface area contributed by atoms with E-state index in [9.17, 15) is 9.59 Å². The van der Waals surface area contributed by atoms with E-state index in [1.54, 1.807) is 12.1 Å². The van der Waals surface area contributed by atoms with E-state index in [1.165, 1.54) is 6.92 Å². The highest BCUT2D eigenvalue weighted by molar-refractivity contribution is 5.93. The number of carbonyl (C=O) groups is 2. The largest absolute Gasteiger partial charge is 0.326 e. The molecule has 0 aliphatic carbocycles. The molecule has 4 heteroatoms. The van der Waals surface area contributed by atoms with Gasteiger partial charge in [-0.05, 0) is 36.2 Å².